The van der Waals surface area contributed by atoms with Gasteiger partial charge in [0.05, 0.1) is 6.54 Å². The number of nitrogens with one attached hydrogen (secondary N) is 1. The van der Waals surface area contributed by atoms with E-state index >= 15 is 0 Å². The highest BCUT2D eigenvalue weighted by Crippen LogP contribution is 2.55. The maximum Gasteiger partial charge on any atom is 0.183 e. The second-order valence-corrected chi connectivity index (χ2v) is 7.74. The maximum atomic E-state index is 10.8. The first-order valence-corrected chi connectivity index (χ1v) is 9.65. The molecule has 2 aromatic carbocycles. The van der Waals surface area contributed by atoms with Gasteiger partial charge in [-0.3, -0.25) is 0 Å². The molecule has 4 atom stereocenters. The van der Waals surface area contributed by atoms with E-state index in [0.29, 0.717) is 30.1 Å². The average Bonchev–Trinajstić information content (AvgIpc) is 3.04. The van der Waals surface area contributed by atoms with Gasteiger partial charge in [-0.15, -0.1) is 0 Å². The van der Waals surface area contributed by atoms with Gasteiger partial charge < -0.3 is 10.4 Å². The lowest BCUT2D eigenvalue weighted by Crippen LogP contribution is -2.16. The van der Waals surface area contributed by atoms with Gasteiger partial charge in [-0.1, -0.05) is 54.6 Å². The summed E-state index contributed by atoms with van der Waals surface area (Å²) < 4.78 is 2.02. The van der Waals surface area contributed by atoms with Crippen LogP contribution in [0.4, 0.5) is 0 Å². The highest BCUT2D eigenvalue weighted by atomic mass is 16.3. The van der Waals surface area contributed by atoms with Crippen molar-refractivity contribution in [3.05, 3.63) is 82.9 Å². The Kier molecular flexibility index (Phi) is 4.06. The molecular weight excluding hydrogens is 336 g/mol. The van der Waals surface area contributed by atoms with Crippen LogP contribution < -0.4 is 5.32 Å². The number of hydrogen-bond acceptors (Lipinski definition) is 4. The van der Waals surface area contributed by atoms with Crippen molar-refractivity contribution >= 4 is 0 Å². The van der Waals surface area contributed by atoms with Crippen molar-refractivity contribution in [1.29, 1.82) is 0 Å². The quantitative estimate of drug-likeness (QED) is 0.734. The van der Waals surface area contributed by atoms with Crippen LogP contribution in [0.5, 0.6) is 0 Å². The van der Waals surface area contributed by atoms with Gasteiger partial charge in [-0.2, -0.15) is 5.10 Å². The van der Waals surface area contributed by atoms with Crippen molar-refractivity contribution in [2.75, 3.05) is 13.1 Å². The summed E-state index contributed by atoms with van der Waals surface area (Å²) in [6.45, 7) is 4.94. The van der Waals surface area contributed by atoms with E-state index in [1.807, 2.05) is 35.0 Å². The summed E-state index contributed by atoms with van der Waals surface area (Å²) in [6, 6.07) is 18.0. The summed E-state index contributed by atoms with van der Waals surface area (Å²) in [5.74, 6) is 3.31. The predicted molar refractivity (Wildman–Crippen MR) is 103 cm³/mol. The first-order chi connectivity index (χ1) is 13.2. The molecule has 1 aliphatic carbocycles. The Morgan fingerprint density at radius 3 is 2.52 bits per heavy atom. The van der Waals surface area contributed by atoms with Crippen LogP contribution in [0.2, 0.25) is 0 Å². The predicted octanol–water partition coefficient (Wildman–Crippen LogP) is 2.65. The minimum Gasteiger partial charge on any atom is -0.380 e. The van der Waals surface area contributed by atoms with Crippen LogP contribution in [-0.4, -0.2) is 33.0 Å². The molecule has 0 spiro atoms. The molecule has 5 rings (SSSR count). The Morgan fingerprint density at radius 2 is 1.78 bits per heavy atom. The van der Waals surface area contributed by atoms with E-state index in [0.717, 1.165) is 24.5 Å². The molecular formula is C22H24N4O. The fraction of sp³-hybridized carbons (Fsp3) is 0.364. The fourth-order valence-corrected chi connectivity index (χ4v) is 4.39. The molecule has 1 aromatic heterocycles. The minimum atomic E-state index is -0.792. The van der Waals surface area contributed by atoms with Gasteiger partial charge in [-0.05, 0) is 48.5 Å². The summed E-state index contributed by atoms with van der Waals surface area (Å²) in [5, 5.41) is 19.0. The topological polar surface area (TPSA) is 63.0 Å². The molecule has 1 saturated carbocycles. The van der Waals surface area contributed by atoms with E-state index in [9.17, 15) is 5.11 Å². The van der Waals surface area contributed by atoms with E-state index in [1.54, 1.807) is 0 Å². The summed E-state index contributed by atoms with van der Waals surface area (Å²) in [5.41, 5.74) is 3.32. The van der Waals surface area contributed by atoms with Gasteiger partial charge in [-0.25, -0.2) is 9.67 Å². The summed E-state index contributed by atoms with van der Waals surface area (Å²) in [6.07, 6.45) is -0.792. The summed E-state index contributed by atoms with van der Waals surface area (Å²) >= 11 is 0. The molecule has 0 bridgehead atoms. The van der Waals surface area contributed by atoms with Gasteiger partial charge in [0, 0.05) is 5.92 Å². The smallest absolute Gasteiger partial charge is 0.183 e. The Hall–Kier alpha value is -2.50. The number of rotatable bonds is 5. The number of aryl methyl sites for hydroxylation is 1. The molecule has 2 fully saturated rings. The third-order valence-corrected chi connectivity index (χ3v) is 6.05. The zero-order valence-corrected chi connectivity index (χ0v) is 15.4. The largest absolute Gasteiger partial charge is 0.380 e. The highest BCUT2D eigenvalue weighted by molar-refractivity contribution is 5.29. The molecule has 5 nitrogen and oxygen atoms in total. The van der Waals surface area contributed by atoms with Crippen LogP contribution >= 0.6 is 0 Å². The van der Waals surface area contributed by atoms with Gasteiger partial charge in [0.1, 0.15) is 11.9 Å². The van der Waals surface area contributed by atoms with E-state index in [2.05, 4.69) is 36.5 Å². The Labute approximate surface area is 159 Å². The lowest BCUT2D eigenvalue weighted by atomic mass is 10.1. The van der Waals surface area contributed by atoms with Crippen LogP contribution in [-0.2, 0) is 6.54 Å². The zero-order chi connectivity index (χ0) is 18.4. The van der Waals surface area contributed by atoms with Crippen LogP contribution in [0.1, 0.15) is 40.4 Å². The normalized spacial score (nSPS) is 24.6. The monoisotopic (exact) mass is 360 g/mol. The number of aliphatic hydroxyl groups excluding tert-OH is 1. The number of aliphatic hydroxyl groups is 1. The van der Waals surface area contributed by atoms with E-state index in [1.165, 1.54) is 11.1 Å². The molecule has 27 heavy (non-hydrogen) atoms. The number of hydrogen-bond donors (Lipinski definition) is 2. The van der Waals surface area contributed by atoms with Gasteiger partial charge in [0.15, 0.2) is 5.82 Å². The van der Waals surface area contributed by atoms with E-state index in [-0.39, 0.29) is 0 Å². The fourth-order valence-electron chi connectivity index (χ4n) is 4.39. The van der Waals surface area contributed by atoms with Gasteiger partial charge >= 0.3 is 0 Å². The standard InChI is InChI=1S/C22H24N4O/c1-14-7-5-6-10-16(14)13-26-22(19-17-11-23-12-18(17)19)24-21(25-26)20(27)15-8-3-2-4-9-15/h2-10,17-20,23,27H,11-13H2,1H3/t17-,18+,19?,20-/m1/s1. The molecule has 1 unspecified atom stereocenters. The third-order valence-electron chi connectivity index (χ3n) is 6.05. The molecule has 3 aromatic rings. The SMILES string of the molecule is Cc1ccccc1Cn1nc([C@H](O)c2ccccc2)nc1C1[C@H]2CNC[C@@H]12. The zero-order valence-electron chi connectivity index (χ0n) is 15.4. The van der Waals surface area contributed by atoms with Crippen LogP contribution in [0.3, 0.4) is 0 Å². The molecule has 1 aliphatic heterocycles. The van der Waals surface area contributed by atoms with Crippen molar-refractivity contribution in [3.8, 4) is 0 Å². The summed E-state index contributed by atoms with van der Waals surface area (Å²) in [7, 11) is 0. The molecule has 2 aliphatic rings. The highest BCUT2D eigenvalue weighted by Gasteiger charge is 2.56. The lowest BCUT2D eigenvalue weighted by Gasteiger charge is -2.10. The van der Waals surface area contributed by atoms with Crippen LogP contribution in [0.25, 0.3) is 0 Å². The van der Waals surface area contributed by atoms with Crippen molar-refractivity contribution < 1.29 is 5.11 Å². The van der Waals surface area contributed by atoms with E-state index < -0.39 is 6.10 Å². The van der Waals surface area contributed by atoms with Crippen LogP contribution in [0, 0.1) is 18.8 Å². The molecule has 5 heteroatoms. The van der Waals surface area contributed by atoms with Gasteiger partial charge in [0.2, 0.25) is 0 Å². The second-order valence-electron chi connectivity index (χ2n) is 7.74. The number of fused-ring (bicyclic) bond motifs is 1. The Balaban J connectivity index is 1.50. The number of benzene rings is 2. The molecule has 0 amide bonds. The summed E-state index contributed by atoms with van der Waals surface area (Å²) in [4.78, 5) is 4.83. The average molecular weight is 360 g/mol. The van der Waals surface area contributed by atoms with Crippen LogP contribution in [0.15, 0.2) is 54.6 Å². The van der Waals surface area contributed by atoms with Gasteiger partial charge in [0.25, 0.3) is 0 Å². The molecule has 2 N–H and O–H groups in total. The number of nitrogens with zero attached hydrogens (tertiary/aromatic N) is 3. The molecule has 0 radical (unpaired) electrons. The van der Waals surface area contributed by atoms with E-state index in [4.69, 9.17) is 10.1 Å². The number of piperidine rings is 1. The molecule has 138 valence electrons. The lowest BCUT2D eigenvalue weighted by molar-refractivity contribution is 0.209. The Morgan fingerprint density at radius 1 is 1.07 bits per heavy atom. The second kappa shape index (κ2) is 6.59. The Bertz CT molecular complexity index is 942. The third kappa shape index (κ3) is 2.97. The van der Waals surface area contributed by atoms with Crippen molar-refractivity contribution in [3.63, 3.8) is 0 Å². The first-order valence-electron chi connectivity index (χ1n) is 9.65. The van der Waals surface area contributed by atoms with Crippen molar-refractivity contribution in [2.45, 2.75) is 25.5 Å². The van der Waals surface area contributed by atoms with Crippen molar-refractivity contribution in [2.24, 2.45) is 11.8 Å². The number of aromatic nitrogens is 3. The van der Waals surface area contributed by atoms with Crippen molar-refractivity contribution in [1.82, 2.24) is 20.1 Å². The first kappa shape index (κ1) is 16.7. The minimum absolute atomic E-state index is 0.458. The maximum absolute atomic E-state index is 10.8. The molecule has 1 saturated heterocycles. The molecule has 2 heterocycles.